The second-order valence-electron chi connectivity index (χ2n) is 4.33. The van der Waals surface area contributed by atoms with Crippen molar-refractivity contribution in [3.8, 4) is 0 Å². The summed E-state index contributed by atoms with van der Waals surface area (Å²) in [6.07, 6.45) is 0.415. The lowest BCUT2D eigenvalue weighted by atomic mass is 10.2. The third kappa shape index (κ3) is 9.93. The maximum Gasteiger partial charge on any atom is 0.307 e. The summed E-state index contributed by atoms with van der Waals surface area (Å²) in [5.74, 6) is 0.419. The van der Waals surface area contributed by atoms with Gasteiger partial charge in [0, 0.05) is 19.2 Å². The average Bonchev–Trinajstić information content (AvgIpc) is 2.16. The van der Waals surface area contributed by atoms with Gasteiger partial charge in [0.25, 0.3) is 0 Å². The zero-order chi connectivity index (χ0) is 12.4. The van der Waals surface area contributed by atoms with Gasteiger partial charge in [0.05, 0.1) is 19.6 Å². The third-order valence-electron chi connectivity index (χ3n) is 1.97. The standard InChI is InChI=1S/C12H25NO3/c1-5-16-12(14)8-11(4)13-6-7-15-9-10(2)3/h10-11,13H,5-9H2,1-4H3. The molecule has 0 aliphatic rings. The van der Waals surface area contributed by atoms with E-state index in [1.165, 1.54) is 0 Å². The number of carbonyl (C=O) groups is 1. The highest BCUT2D eigenvalue weighted by Crippen LogP contribution is 1.94. The molecule has 0 aromatic carbocycles. The minimum absolute atomic E-state index is 0.140. The van der Waals surface area contributed by atoms with Crippen LogP contribution < -0.4 is 5.32 Å². The first-order valence-electron chi connectivity index (χ1n) is 6.03. The highest BCUT2D eigenvalue weighted by atomic mass is 16.5. The van der Waals surface area contributed by atoms with E-state index in [-0.39, 0.29) is 12.0 Å². The molecule has 0 spiro atoms. The predicted molar refractivity (Wildman–Crippen MR) is 64.4 cm³/mol. The van der Waals surface area contributed by atoms with Crippen molar-refractivity contribution in [3.63, 3.8) is 0 Å². The molecule has 0 aromatic heterocycles. The molecule has 0 aliphatic heterocycles. The molecule has 0 heterocycles. The van der Waals surface area contributed by atoms with Crippen LogP contribution in [0.15, 0.2) is 0 Å². The Labute approximate surface area is 98.7 Å². The molecule has 0 radical (unpaired) electrons. The number of carbonyl (C=O) groups excluding carboxylic acids is 1. The van der Waals surface area contributed by atoms with Gasteiger partial charge in [-0.05, 0) is 19.8 Å². The van der Waals surface area contributed by atoms with E-state index in [4.69, 9.17) is 9.47 Å². The van der Waals surface area contributed by atoms with Crippen LogP contribution in [-0.4, -0.2) is 38.4 Å². The molecule has 0 aromatic rings. The van der Waals surface area contributed by atoms with Crippen molar-refractivity contribution in [1.82, 2.24) is 5.32 Å². The summed E-state index contributed by atoms with van der Waals surface area (Å²) in [6.45, 7) is 10.7. The fourth-order valence-electron chi connectivity index (χ4n) is 1.24. The van der Waals surface area contributed by atoms with Gasteiger partial charge in [0.2, 0.25) is 0 Å². The number of hydrogen-bond donors (Lipinski definition) is 1. The van der Waals surface area contributed by atoms with Crippen molar-refractivity contribution in [2.75, 3.05) is 26.4 Å². The van der Waals surface area contributed by atoms with E-state index < -0.39 is 0 Å². The molecule has 0 rings (SSSR count). The summed E-state index contributed by atoms with van der Waals surface area (Å²) in [6, 6.07) is 0.140. The summed E-state index contributed by atoms with van der Waals surface area (Å²) >= 11 is 0. The Balaban J connectivity index is 3.36. The van der Waals surface area contributed by atoms with Gasteiger partial charge >= 0.3 is 5.97 Å². The first-order valence-corrected chi connectivity index (χ1v) is 6.03. The monoisotopic (exact) mass is 231 g/mol. The normalized spacial score (nSPS) is 12.8. The second-order valence-corrected chi connectivity index (χ2v) is 4.33. The molecule has 4 nitrogen and oxygen atoms in total. The van der Waals surface area contributed by atoms with Crippen molar-refractivity contribution in [2.24, 2.45) is 5.92 Å². The van der Waals surface area contributed by atoms with Crippen LogP contribution in [0.2, 0.25) is 0 Å². The maximum absolute atomic E-state index is 11.1. The third-order valence-corrected chi connectivity index (χ3v) is 1.97. The Morgan fingerprint density at radius 1 is 1.31 bits per heavy atom. The van der Waals surface area contributed by atoms with Crippen LogP contribution in [-0.2, 0) is 14.3 Å². The van der Waals surface area contributed by atoms with Crippen LogP contribution in [0.3, 0.4) is 0 Å². The van der Waals surface area contributed by atoms with Gasteiger partial charge in [-0.3, -0.25) is 4.79 Å². The smallest absolute Gasteiger partial charge is 0.307 e. The predicted octanol–water partition coefficient (Wildman–Crippen LogP) is 1.59. The van der Waals surface area contributed by atoms with Crippen molar-refractivity contribution >= 4 is 5.97 Å². The molecule has 0 amide bonds. The molecule has 0 fully saturated rings. The van der Waals surface area contributed by atoms with Crippen LogP contribution in [0.5, 0.6) is 0 Å². The molecule has 1 N–H and O–H groups in total. The Kier molecular flexibility index (Phi) is 9.24. The highest BCUT2D eigenvalue weighted by molar-refractivity contribution is 5.69. The lowest BCUT2D eigenvalue weighted by Crippen LogP contribution is -2.32. The molecular weight excluding hydrogens is 206 g/mol. The molecule has 0 saturated carbocycles. The van der Waals surface area contributed by atoms with Crippen LogP contribution in [0.25, 0.3) is 0 Å². The first kappa shape index (κ1) is 15.4. The molecule has 4 heteroatoms. The van der Waals surface area contributed by atoms with Crippen molar-refractivity contribution < 1.29 is 14.3 Å². The Morgan fingerprint density at radius 3 is 2.56 bits per heavy atom. The summed E-state index contributed by atoms with van der Waals surface area (Å²) in [4.78, 5) is 11.1. The van der Waals surface area contributed by atoms with E-state index in [0.717, 1.165) is 13.2 Å². The summed E-state index contributed by atoms with van der Waals surface area (Å²) < 4.78 is 10.3. The van der Waals surface area contributed by atoms with E-state index in [1.54, 1.807) is 0 Å². The van der Waals surface area contributed by atoms with E-state index >= 15 is 0 Å². The molecule has 96 valence electrons. The molecule has 0 bridgehead atoms. The van der Waals surface area contributed by atoms with Crippen LogP contribution in [0.1, 0.15) is 34.1 Å². The van der Waals surface area contributed by atoms with Crippen molar-refractivity contribution in [1.29, 1.82) is 0 Å². The fraction of sp³-hybridized carbons (Fsp3) is 0.917. The lowest BCUT2D eigenvalue weighted by Gasteiger charge is -2.13. The van der Waals surface area contributed by atoms with E-state index in [1.807, 2.05) is 13.8 Å². The fourth-order valence-corrected chi connectivity index (χ4v) is 1.24. The van der Waals surface area contributed by atoms with E-state index in [2.05, 4.69) is 19.2 Å². The van der Waals surface area contributed by atoms with Crippen LogP contribution in [0.4, 0.5) is 0 Å². The number of rotatable bonds is 9. The molecular formula is C12H25NO3. The molecule has 1 atom stereocenters. The number of ether oxygens (including phenoxy) is 2. The molecule has 0 saturated heterocycles. The summed E-state index contributed by atoms with van der Waals surface area (Å²) in [7, 11) is 0. The molecule has 1 unspecified atom stereocenters. The first-order chi connectivity index (χ1) is 7.56. The van der Waals surface area contributed by atoms with Gasteiger partial charge in [0.15, 0.2) is 0 Å². The second kappa shape index (κ2) is 9.60. The van der Waals surface area contributed by atoms with Crippen molar-refractivity contribution in [2.45, 2.75) is 40.2 Å². The van der Waals surface area contributed by atoms with Gasteiger partial charge in [-0.2, -0.15) is 0 Å². The minimum atomic E-state index is -0.148. The topological polar surface area (TPSA) is 47.6 Å². The number of nitrogens with one attached hydrogen (secondary N) is 1. The minimum Gasteiger partial charge on any atom is -0.466 e. The van der Waals surface area contributed by atoms with Gasteiger partial charge < -0.3 is 14.8 Å². The number of esters is 1. The van der Waals surface area contributed by atoms with Crippen LogP contribution >= 0.6 is 0 Å². The zero-order valence-corrected chi connectivity index (χ0v) is 10.9. The lowest BCUT2D eigenvalue weighted by molar-refractivity contribution is -0.143. The Morgan fingerprint density at radius 2 is 2.00 bits per heavy atom. The Bertz CT molecular complexity index is 183. The SMILES string of the molecule is CCOC(=O)CC(C)NCCOCC(C)C. The Hall–Kier alpha value is -0.610. The average molecular weight is 231 g/mol. The number of hydrogen-bond acceptors (Lipinski definition) is 4. The summed E-state index contributed by atoms with van der Waals surface area (Å²) in [5.41, 5.74) is 0. The van der Waals surface area contributed by atoms with E-state index in [9.17, 15) is 4.79 Å². The maximum atomic E-state index is 11.1. The molecule has 16 heavy (non-hydrogen) atoms. The van der Waals surface area contributed by atoms with Gasteiger partial charge in [-0.1, -0.05) is 13.8 Å². The quantitative estimate of drug-likeness (QED) is 0.483. The molecule has 0 aliphatic carbocycles. The van der Waals surface area contributed by atoms with E-state index in [0.29, 0.717) is 25.6 Å². The van der Waals surface area contributed by atoms with Crippen molar-refractivity contribution in [3.05, 3.63) is 0 Å². The van der Waals surface area contributed by atoms with Gasteiger partial charge in [-0.25, -0.2) is 0 Å². The van der Waals surface area contributed by atoms with Gasteiger partial charge in [0.1, 0.15) is 0 Å². The summed E-state index contributed by atoms with van der Waals surface area (Å²) in [5, 5.41) is 3.22. The van der Waals surface area contributed by atoms with Crippen LogP contribution in [0, 0.1) is 5.92 Å². The zero-order valence-electron chi connectivity index (χ0n) is 10.9. The van der Waals surface area contributed by atoms with Gasteiger partial charge in [-0.15, -0.1) is 0 Å². The highest BCUT2D eigenvalue weighted by Gasteiger charge is 2.08. The largest absolute Gasteiger partial charge is 0.466 e.